The lowest BCUT2D eigenvalue weighted by molar-refractivity contribution is -0.313. The van der Waals surface area contributed by atoms with Crippen molar-refractivity contribution < 1.29 is 19.5 Å². The number of para-hydroxylation sites is 1. The zero-order valence-electron chi connectivity index (χ0n) is 11.2. The molecule has 0 bridgehead atoms. The quantitative estimate of drug-likeness (QED) is 0.762. The van der Waals surface area contributed by atoms with Crippen LogP contribution in [-0.4, -0.2) is 17.8 Å². The Balaban J connectivity index is 2.20. The molecule has 1 aromatic carbocycles. The Bertz CT molecular complexity index is 609. The molecule has 3 N–H and O–H groups in total. The molecule has 0 unspecified atom stereocenters. The van der Waals surface area contributed by atoms with Gasteiger partial charge in [-0.15, -0.1) is 0 Å². The summed E-state index contributed by atoms with van der Waals surface area (Å²) in [6, 6.07) is 6.32. The zero-order chi connectivity index (χ0) is 15.4. The maximum absolute atomic E-state index is 12.3. The average Bonchev–Trinajstić information content (AvgIpc) is 2.47. The molecule has 0 fully saturated rings. The summed E-state index contributed by atoms with van der Waals surface area (Å²) in [4.78, 5) is 34.7. The molecule has 2 atom stereocenters. The number of hydrogen-bond acceptors (Lipinski definition) is 4. The summed E-state index contributed by atoms with van der Waals surface area (Å²) >= 11 is 0. The molecule has 0 saturated carbocycles. The van der Waals surface area contributed by atoms with Crippen LogP contribution in [0.2, 0.25) is 0 Å². The first-order chi connectivity index (χ1) is 10.0. The van der Waals surface area contributed by atoms with Crippen LogP contribution in [0.1, 0.15) is 23.2 Å². The first-order valence-electron chi connectivity index (χ1n) is 6.56. The van der Waals surface area contributed by atoms with Crippen LogP contribution in [0.3, 0.4) is 0 Å². The number of carbonyl (C=O) groups excluding carboxylic acids is 3. The van der Waals surface area contributed by atoms with Gasteiger partial charge in [0, 0.05) is 11.9 Å². The number of rotatable bonds is 4. The van der Waals surface area contributed by atoms with Crippen molar-refractivity contribution >= 4 is 23.5 Å². The van der Waals surface area contributed by atoms with E-state index in [2.05, 4.69) is 5.32 Å². The summed E-state index contributed by atoms with van der Waals surface area (Å²) < 4.78 is 0. The normalized spacial score (nSPS) is 20.8. The van der Waals surface area contributed by atoms with E-state index >= 15 is 0 Å². The summed E-state index contributed by atoms with van der Waals surface area (Å²) in [7, 11) is 0. The minimum atomic E-state index is -1.25. The minimum Gasteiger partial charge on any atom is -0.550 e. The van der Waals surface area contributed by atoms with Gasteiger partial charge in [0.25, 0.3) is 5.91 Å². The summed E-state index contributed by atoms with van der Waals surface area (Å²) in [5.74, 6) is -3.95. The number of nitrogens with one attached hydrogen (secondary N) is 1. The summed E-state index contributed by atoms with van der Waals surface area (Å²) in [5.41, 5.74) is 5.70. The van der Waals surface area contributed by atoms with Gasteiger partial charge in [0.15, 0.2) is 0 Å². The van der Waals surface area contributed by atoms with Crippen LogP contribution in [0.5, 0.6) is 0 Å². The van der Waals surface area contributed by atoms with E-state index in [1.54, 1.807) is 30.4 Å². The second-order valence-electron chi connectivity index (χ2n) is 4.87. The highest BCUT2D eigenvalue weighted by Gasteiger charge is 2.30. The van der Waals surface area contributed by atoms with Gasteiger partial charge in [-0.25, -0.2) is 0 Å². The minimum absolute atomic E-state index is 0.183. The van der Waals surface area contributed by atoms with Crippen molar-refractivity contribution in [2.45, 2.75) is 12.8 Å². The van der Waals surface area contributed by atoms with Gasteiger partial charge in [-0.2, -0.15) is 0 Å². The van der Waals surface area contributed by atoms with E-state index in [0.717, 1.165) is 0 Å². The van der Waals surface area contributed by atoms with Gasteiger partial charge in [-0.05, 0) is 25.0 Å². The zero-order valence-corrected chi connectivity index (χ0v) is 11.2. The number of benzene rings is 1. The molecule has 2 amide bonds. The Morgan fingerprint density at radius 2 is 1.71 bits per heavy atom. The molecule has 21 heavy (non-hydrogen) atoms. The number of primary amides is 1. The third-order valence-corrected chi connectivity index (χ3v) is 3.52. The first kappa shape index (κ1) is 14.8. The molecule has 2 rings (SSSR count). The van der Waals surface area contributed by atoms with Crippen molar-refractivity contribution in [1.29, 1.82) is 0 Å². The van der Waals surface area contributed by atoms with Crippen molar-refractivity contribution in [3.63, 3.8) is 0 Å². The van der Waals surface area contributed by atoms with Gasteiger partial charge >= 0.3 is 0 Å². The van der Waals surface area contributed by atoms with E-state index in [4.69, 9.17) is 5.73 Å². The third kappa shape index (κ3) is 3.28. The van der Waals surface area contributed by atoms with Crippen LogP contribution in [0, 0.1) is 11.8 Å². The SMILES string of the molecule is NC(=O)c1ccccc1NC(=O)[C@@H]1CC=CC[C@@H]1C(=O)[O-]. The Kier molecular flexibility index (Phi) is 4.37. The number of amides is 2. The molecule has 0 aromatic heterocycles. The molecular formula is C15H15N2O4-. The van der Waals surface area contributed by atoms with E-state index in [-0.39, 0.29) is 17.7 Å². The largest absolute Gasteiger partial charge is 0.550 e. The topological polar surface area (TPSA) is 112 Å². The van der Waals surface area contributed by atoms with Crippen LogP contribution in [-0.2, 0) is 9.59 Å². The highest BCUT2D eigenvalue weighted by molar-refractivity contribution is 6.04. The molecule has 0 aliphatic heterocycles. The van der Waals surface area contributed by atoms with Crippen LogP contribution >= 0.6 is 0 Å². The van der Waals surface area contributed by atoms with Crippen molar-refractivity contribution in [1.82, 2.24) is 0 Å². The lowest BCUT2D eigenvalue weighted by Crippen LogP contribution is -2.41. The van der Waals surface area contributed by atoms with Crippen molar-refractivity contribution in [3.8, 4) is 0 Å². The number of aliphatic carboxylic acids is 1. The van der Waals surface area contributed by atoms with Gasteiger partial charge in [-0.3, -0.25) is 9.59 Å². The second-order valence-corrected chi connectivity index (χ2v) is 4.87. The van der Waals surface area contributed by atoms with Gasteiger partial charge < -0.3 is 21.0 Å². The number of nitrogens with two attached hydrogens (primary N) is 1. The first-order valence-corrected chi connectivity index (χ1v) is 6.56. The fourth-order valence-electron chi connectivity index (χ4n) is 2.40. The highest BCUT2D eigenvalue weighted by Crippen LogP contribution is 2.27. The molecule has 0 radical (unpaired) electrons. The van der Waals surface area contributed by atoms with E-state index in [1.165, 1.54) is 6.07 Å². The van der Waals surface area contributed by atoms with E-state index in [0.29, 0.717) is 6.42 Å². The average molecular weight is 287 g/mol. The molecule has 6 nitrogen and oxygen atoms in total. The van der Waals surface area contributed by atoms with Gasteiger partial charge in [0.2, 0.25) is 5.91 Å². The maximum atomic E-state index is 12.3. The monoisotopic (exact) mass is 287 g/mol. The van der Waals surface area contributed by atoms with Gasteiger partial charge in [-0.1, -0.05) is 24.3 Å². The Morgan fingerprint density at radius 1 is 1.10 bits per heavy atom. The predicted molar refractivity (Wildman–Crippen MR) is 74.0 cm³/mol. The maximum Gasteiger partial charge on any atom is 0.250 e. The predicted octanol–water partition coefficient (Wildman–Crippen LogP) is 0.0563. The van der Waals surface area contributed by atoms with E-state index in [1.807, 2.05) is 0 Å². The van der Waals surface area contributed by atoms with Gasteiger partial charge in [0.1, 0.15) is 0 Å². The number of carboxylic acid groups (broad SMARTS) is 1. The molecule has 0 heterocycles. The standard InChI is InChI=1S/C15H16N2O4/c16-13(18)11-7-3-4-8-12(11)17-14(19)9-5-1-2-6-10(9)15(20)21/h1-4,7-10H,5-6H2,(H2,16,18)(H,17,19)(H,20,21)/p-1/t9-,10+/m1/s1. The number of carboxylic acids is 1. The number of hydrogen-bond donors (Lipinski definition) is 2. The van der Waals surface area contributed by atoms with Crippen molar-refractivity contribution in [3.05, 3.63) is 42.0 Å². The molecule has 110 valence electrons. The Hall–Kier alpha value is -2.63. The molecule has 1 aromatic rings. The Labute approximate surface area is 121 Å². The molecular weight excluding hydrogens is 272 g/mol. The summed E-state index contributed by atoms with van der Waals surface area (Å²) in [6.45, 7) is 0. The lowest BCUT2D eigenvalue weighted by atomic mass is 9.82. The number of allylic oxidation sites excluding steroid dienone is 2. The van der Waals surface area contributed by atoms with Crippen molar-refractivity contribution in [2.75, 3.05) is 5.32 Å². The van der Waals surface area contributed by atoms with Crippen LogP contribution in [0.15, 0.2) is 36.4 Å². The molecule has 6 heteroatoms. The molecule has 1 aliphatic rings. The summed E-state index contributed by atoms with van der Waals surface area (Å²) in [5, 5.41) is 13.7. The third-order valence-electron chi connectivity index (χ3n) is 3.52. The fourth-order valence-corrected chi connectivity index (χ4v) is 2.40. The lowest BCUT2D eigenvalue weighted by Gasteiger charge is -2.28. The molecule has 0 spiro atoms. The number of anilines is 1. The summed E-state index contributed by atoms with van der Waals surface area (Å²) in [6.07, 6.45) is 4.08. The second kappa shape index (κ2) is 6.21. The number of carbonyl (C=O) groups is 3. The Morgan fingerprint density at radius 3 is 2.33 bits per heavy atom. The van der Waals surface area contributed by atoms with Crippen LogP contribution in [0.25, 0.3) is 0 Å². The van der Waals surface area contributed by atoms with E-state index in [9.17, 15) is 19.5 Å². The highest BCUT2D eigenvalue weighted by atomic mass is 16.4. The van der Waals surface area contributed by atoms with Gasteiger partial charge in [0.05, 0.1) is 17.2 Å². The van der Waals surface area contributed by atoms with Crippen LogP contribution in [0.4, 0.5) is 5.69 Å². The molecule has 0 saturated heterocycles. The smallest absolute Gasteiger partial charge is 0.250 e. The fraction of sp³-hybridized carbons (Fsp3) is 0.267. The van der Waals surface area contributed by atoms with Crippen molar-refractivity contribution in [2.24, 2.45) is 17.6 Å². The molecule has 1 aliphatic carbocycles. The van der Waals surface area contributed by atoms with E-state index < -0.39 is 29.6 Å². The van der Waals surface area contributed by atoms with Crippen LogP contribution < -0.4 is 16.2 Å².